The van der Waals surface area contributed by atoms with Crippen molar-refractivity contribution in [2.24, 2.45) is 5.92 Å². The summed E-state index contributed by atoms with van der Waals surface area (Å²) in [4.78, 5) is 0. The molecule has 0 aromatic heterocycles. The maximum Gasteiger partial charge on any atom is 0.391 e. The van der Waals surface area contributed by atoms with E-state index in [1.165, 1.54) is 0 Å². The van der Waals surface area contributed by atoms with E-state index in [2.05, 4.69) is 0 Å². The Bertz CT molecular complexity index is 493. The van der Waals surface area contributed by atoms with E-state index in [9.17, 15) is 18.3 Å². The molecule has 21 heavy (non-hydrogen) atoms. The van der Waals surface area contributed by atoms with Gasteiger partial charge >= 0.3 is 6.18 Å². The lowest BCUT2D eigenvalue weighted by molar-refractivity contribution is -0.201. The van der Waals surface area contributed by atoms with Gasteiger partial charge < -0.3 is 9.84 Å². The number of hydrogen-bond donors (Lipinski definition) is 1. The zero-order chi connectivity index (χ0) is 15.1. The molecule has 2 saturated carbocycles. The monoisotopic (exact) mass is 300 g/mol. The van der Waals surface area contributed by atoms with Gasteiger partial charge in [0.1, 0.15) is 5.75 Å². The summed E-state index contributed by atoms with van der Waals surface area (Å²) >= 11 is 0. The third-order valence-electron chi connectivity index (χ3n) is 4.41. The van der Waals surface area contributed by atoms with Crippen LogP contribution < -0.4 is 4.74 Å². The summed E-state index contributed by atoms with van der Waals surface area (Å²) in [6.07, 6.45) is -1.22. The highest BCUT2D eigenvalue weighted by Gasteiger charge is 2.47. The first-order valence-corrected chi connectivity index (χ1v) is 7.43. The van der Waals surface area contributed by atoms with Gasteiger partial charge in [0, 0.05) is 0 Å². The Morgan fingerprint density at radius 1 is 1.10 bits per heavy atom. The van der Waals surface area contributed by atoms with Crippen LogP contribution in [0.3, 0.4) is 0 Å². The minimum absolute atomic E-state index is 0.106. The average molecular weight is 300 g/mol. The maximum absolute atomic E-state index is 12.9. The lowest BCUT2D eigenvalue weighted by Gasteiger charge is -2.38. The summed E-state index contributed by atoms with van der Waals surface area (Å²) in [6.45, 7) is 0. The highest BCUT2D eigenvalue weighted by Crippen LogP contribution is 2.46. The molecule has 0 amide bonds. The quantitative estimate of drug-likeness (QED) is 0.908. The predicted molar refractivity (Wildman–Crippen MR) is 72.0 cm³/mol. The van der Waals surface area contributed by atoms with Crippen molar-refractivity contribution in [2.45, 2.75) is 56.4 Å². The molecule has 2 atom stereocenters. The molecular weight excluding hydrogens is 281 g/mol. The Labute approximate surface area is 121 Å². The zero-order valence-corrected chi connectivity index (χ0v) is 11.7. The molecule has 0 radical (unpaired) electrons. The van der Waals surface area contributed by atoms with Gasteiger partial charge in [-0.25, -0.2) is 0 Å². The summed E-state index contributed by atoms with van der Waals surface area (Å²) in [7, 11) is 0. The normalized spacial score (nSPS) is 30.2. The molecule has 1 N–H and O–H groups in total. The van der Waals surface area contributed by atoms with E-state index in [4.69, 9.17) is 4.74 Å². The van der Waals surface area contributed by atoms with Crippen LogP contribution in [0, 0.1) is 5.92 Å². The summed E-state index contributed by atoms with van der Waals surface area (Å²) in [5.74, 6) is -0.702. The second-order valence-electron chi connectivity index (χ2n) is 6.21. The molecule has 2 nitrogen and oxygen atoms in total. The van der Waals surface area contributed by atoms with Crippen molar-refractivity contribution in [3.8, 4) is 5.75 Å². The van der Waals surface area contributed by atoms with Crippen molar-refractivity contribution in [2.75, 3.05) is 0 Å². The molecule has 0 saturated heterocycles. The molecule has 0 spiro atoms. The number of alkyl halides is 3. The Balaban J connectivity index is 1.74. The molecule has 1 aromatic carbocycles. The summed E-state index contributed by atoms with van der Waals surface area (Å²) in [5.41, 5.74) is -0.823. The van der Waals surface area contributed by atoms with E-state index in [0.717, 1.165) is 12.8 Å². The van der Waals surface area contributed by atoms with Crippen molar-refractivity contribution in [3.05, 3.63) is 29.8 Å². The summed E-state index contributed by atoms with van der Waals surface area (Å²) in [6, 6.07) is 6.86. The Morgan fingerprint density at radius 2 is 1.76 bits per heavy atom. The zero-order valence-electron chi connectivity index (χ0n) is 11.7. The fourth-order valence-electron chi connectivity index (χ4n) is 3.02. The molecule has 0 heterocycles. The van der Waals surface area contributed by atoms with E-state index in [0.29, 0.717) is 24.2 Å². The van der Waals surface area contributed by atoms with E-state index in [1.54, 1.807) is 24.3 Å². The first kappa shape index (κ1) is 14.7. The fraction of sp³-hybridized carbons (Fsp3) is 0.625. The number of hydrogen-bond acceptors (Lipinski definition) is 2. The van der Waals surface area contributed by atoms with E-state index >= 15 is 0 Å². The number of benzene rings is 1. The SMILES string of the molecule is OC1(c2ccc(OC3CC3)cc2)CCCC(C(F)(F)F)C1. The van der Waals surface area contributed by atoms with Crippen LogP contribution in [0.4, 0.5) is 13.2 Å². The first-order chi connectivity index (χ1) is 9.87. The molecule has 0 aliphatic heterocycles. The van der Waals surface area contributed by atoms with Gasteiger partial charge in [0.25, 0.3) is 0 Å². The first-order valence-electron chi connectivity index (χ1n) is 7.43. The molecule has 5 heteroatoms. The van der Waals surface area contributed by atoms with Crippen LogP contribution >= 0.6 is 0 Å². The lowest BCUT2D eigenvalue weighted by Crippen LogP contribution is -2.38. The third-order valence-corrected chi connectivity index (χ3v) is 4.41. The van der Waals surface area contributed by atoms with Gasteiger partial charge in [0.15, 0.2) is 0 Å². The number of aliphatic hydroxyl groups is 1. The molecular formula is C16H19F3O2. The topological polar surface area (TPSA) is 29.5 Å². The van der Waals surface area contributed by atoms with Crippen LogP contribution in [0.5, 0.6) is 5.75 Å². The summed E-state index contributed by atoms with van der Waals surface area (Å²) < 4.78 is 44.3. The summed E-state index contributed by atoms with van der Waals surface area (Å²) in [5, 5.41) is 10.6. The average Bonchev–Trinajstić information content (AvgIpc) is 3.22. The minimum Gasteiger partial charge on any atom is -0.490 e. The van der Waals surface area contributed by atoms with Crippen LogP contribution in [-0.2, 0) is 5.60 Å². The number of halogens is 3. The van der Waals surface area contributed by atoms with Crippen molar-refractivity contribution in [1.82, 2.24) is 0 Å². The van der Waals surface area contributed by atoms with Gasteiger partial charge in [-0.2, -0.15) is 13.2 Å². The van der Waals surface area contributed by atoms with Gasteiger partial charge in [-0.05, 0) is 56.2 Å². The molecule has 2 fully saturated rings. The second kappa shape index (κ2) is 5.20. The predicted octanol–water partition coefficient (Wildman–Crippen LogP) is 4.17. The second-order valence-corrected chi connectivity index (χ2v) is 6.21. The molecule has 2 unspecified atom stereocenters. The molecule has 116 valence electrons. The molecule has 2 aliphatic rings. The molecule has 1 aromatic rings. The standard InChI is InChI=1S/C16H19F3O2/c17-16(18,19)12-2-1-9-15(20,10-12)11-3-5-13(6-4-11)21-14-7-8-14/h3-6,12,14,20H,1-2,7-10H2. The van der Waals surface area contributed by atoms with Gasteiger partial charge in [-0.3, -0.25) is 0 Å². The van der Waals surface area contributed by atoms with Crippen LogP contribution in [0.1, 0.15) is 44.1 Å². The van der Waals surface area contributed by atoms with Gasteiger partial charge in [0.05, 0.1) is 17.6 Å². The van der Waals surface area contributed by atoms with Gasteiger partial charge in [-0.1, -0.05) is 12.1 Å². The minimum atomic E-state index is -4.23. The highest BCUT2D eigenvalue weighted by molar-refractivity contribution is 5.31. The lowest BCUT2D eigenvalue weighted by atomic mass is 9.74. The Morgan fingerprint density at radius 3 is 2.33 bits per heavy atom. The molecule has 3 rings (SSSR count). The van der Waals surface area contributed by atoms with E-state index in [-0.39, 0.29) is 18.9 Å². The van der Waals surface area contributed by atoms with Crippen molar-refractivity contribution < 1.29 is 23.0 Å². The van der Waals surface area contributed by atoms with Crippen LogP contribution in [0.2, 0.25) is 0 Å². The van der Waals surface area contributed by atoms with Crippen molar-refractivity contribution >= 4 is 0 Å². The highest BCUT2D eigenvalue weighted by atomic mass is 19.4. The van der Waals surface area contributed by atoms with Gasteiger partial charge in [0.2, 0.25) is 0 Å². The van der Waals surface area contributed by atoms with Crippen molar-refractivity contribution in [1.29, 1.82) is 0 Å². The Kier molecular flexibility index (Phi) is 3.64. The Hall–Kier alpha value is -1.23. The van der Waals surface area contributed by atoms with E-state index in [1.807, 2.05) is 0 Å². The van der Waals surface area contributed by atoms with Crippen LogP contribution in [0.25, 0.3) is 0 Å². The number of rotatable bonds is 3. The van der Waals surface area contributed by atoms with Crippen LogP contribution in [-0.4, -0.2) is 17.4 Å². The third kappa shape index (κ3) is 3.34. The van der Waals surface area contributed by atoms with Crippen molar-refractivity contribution in [3.63, 3.8) is 0 Å². The fourth-order valence-corrected chi connectivity index (χ4v) is 3.02. The van der Waals surface area contributed by atoms with Crippen LogP contribution in [0.15, 0.2) is 24.3 Å². The molecule has 2 aliphatic carbocycles. The van der Waals surface area contributed by atoms with E-state index < -0.39 is 17.7 Å². The maximum atomic E-state index is 12.9. The van der Waals surface area contributed by atoms with Gasteiger partial charge in [-0.15, -0.1) is 0 Å². The smallest absolute Gasteiger partial charge is 0.391 e. The molecule has 0 bridgehead atoms. The number of ether oxygens (including phenoxy) is 1. The largest absolute Gasteiger partial charge is 0.490 e.